The molecule has 0 bridgehead atoms. The van der Waals surface area contributed by atoms with Crippen LogP contribution in [0.2, 0.25) is 0 Å². The van der Waals surface area contributed by atoms with E-state index in [1.165, 1.54) is 0 Å². The Bertz CT molecular complexity index is 615. The van der Waals surface area contributed by atoms with Gasteiger partial charge in [0, 0.05) is 13.0 Å². The molecule has 1 aliphatic heterocycles. The van der Waals surface area contributed by atoms with Crippen LogP contribution in [0.15, 0.2) is 30.3 Å². The highest BCUT2D eigenvalue weighted by molar-refractivity contribution is 5.85. The van der Waals surface area contributed by atoms with Gasteiger partial charge in [-0.2, -0.15) is 0 Å². The van der Waals surface area contributed by atoms with Gasteiger partial charge in [0.15, 0.2) is 0 Å². The van der Waals surface area contributed by atoms with Crippen LogP contribution in [0.4, 0.5) is 0 Å². The minimum atomic E-state index is -0.475. The van der Waals surface area contributed by atoms with Gasteiger partial charge < -0.3 is 15.0 Å². The Morgan fingerprint density at radius 3 is 2.58 bits per heavy atom. The second kappa shape index (κ2) is 9.94. The number of carbonyl (C=O) groups excluding carboxylic acids is 3. The molecule has 26 heavy (non-hydrogen) atoms. The van der Waals surface area contributed by atoms with E-state index in [0.29, 0.717) is 13.0 Å². The van der Waals surface area contributed by atoms with Gasteiger partial charge in [-0.1, -0.05) is 36.8 Å². The molecule has 1 saturated heterocycles. The Morgan fingerprint density at radius 2 is 1.88 bits per heavy atom. The van der Waals surface area contributed by atoms with Crippen molar-refractivity contribution >= 4 is 17.8 Å². The third-order valence-electron chi connectivity index (χ3n) is 4.28. The summed E-state index contributed by atoms with van der Waals surface area (Å²) in [5, 5.41) is 2.89. The van der Waals surface area contributed by atoms with Crippen molar-refractivity contribution in [1.82, 2.24) is 10.2 Å². The average molecular weight is 360 g/mol. The first kappa shape index (κ1) is 19.9. The molecule has 142 valence electrons. The van der Waals surface area contributed by atoms with Crippen LogP contribution in [0.25, 0.3) is 0 Å². The predicted octanol–water partition coefficient (Wildman–Crippen LogP) is 2.59. The van der Waals surface area contributed by atoms with Crippen molar-refractivity contribution < 1.29 is 19.1 Å². The first-order chi connectivity index (χ1) is 12.5. The zero-order valence-electron chi connectivity index (χ0n) is 15.6. The van der Waals surface area contributed by atoms with Crippen molar-refractivity contribution in [2.24, 2.45) is 0 Å². The smallest absolute Gasteiger partial charge is 0.308 e. The van der Waals surface area contributed by atoms with Gasteiger partial charge in [0.1, 0.15) is 0 Å². The Morgan fingerprint density at radius 1 is 1.15 bits per heavy atom. The van der Waals surface area contributed by atoms with Crippen molar-refractivity contribution in [3.63, 3.8) is 0 Å². The van der Waals surface area contributed by atoms with Gasteiger partial charge in [-0.15, -0.1) is 0 Å². The number of carbonyl (C=O) groups is 3. The molecule has 0 saturated carbocycles. The number of likely N-dealkylation sites (tertiary alicyclic amines) is 1. The van der Waals surface area contributed by atoms with Crippen molar-refractivity contribution in [1.29, 1.82) is 0 Å². The lowest BCUT2D eigenvalue weighted by atomic mass is 10.0. The average Bonchev–Trinajstić information content (AvgIpc) is 2.79. The van der Waals surface area contributed by atoms with Crippen LogP contribution in [0.3, 0.4) is 0 Å². The van der Waals surface area contributed by atoms with Crippen LogP contribution >= 0.6 is 0 Å². The van der Waals surface area contributed by atoms with Crippen LogP contribution in [0.1, 0.15) is 57.6 Å². The summed E-state index contributed by atoms with van der Waals surface area (Å²) in [6, 6.07) is 8.86. The van der Waals surface area contributed by atoms with E-state index in [0.717, 1.165) is 24.8 Å². The van der Waals surface area contributed by atoms with Crippen LogP contribution < -0.4 is 5.32 Å². The molecule has 6 nitrogen and oxygen atoms in total. The van der Waals surface area contributed by atoms with E-state index in [9.17, 15) is 14.4 Å². The van der Waals surface area contributed by atoms with Crippen molar-refractivity contribution in [3.05, 3.63) is 35.9 Å². The number of nitrogens with one attached hydrogen (secondary N) is 1. The highest BCUT2D eigenvalue weighted by Crippen LogP contribution is 2.18. The summed E-state index contributed by atoms with van der Waals surface area (Å²) in [5.41, 5.74) is 0.837. The van der Waals surface area contributed by atoms with E-state index < -0.39 is 6.04 Å². The van der Waals surface area contributed by atoms with E-state index in [-0.39, 0.29) is 36.9 Å². The first-order valence-corrected chi connectivity index (χ1v) is 9.27. The van der Waals surface area contributed by atoms with Gasteiger partial charge in [-0.3, -0.25) is 14.4 Å². The molecule has 1 aromatic carbocycles. The lowest BCUT2D eigenvalue weighted by Gasteiger charge is -2.23. The quantitative estimate of drug-likeness (QED) is 0.759. The molecule has 2 amide bonds. The largest absolute Gasteiger partial charge is 0.463 e. The van der Waals surface area contributed by atoms with E-state index in [4.69, 9.17) is 4.74 Å². The van der Waals surface area contributed by atoms with Gasteiger partial charge in [0.2, 0.25) is 11.8 Å². The maximum Gasteiger partial charge on any atom is 0.308 e. The summed E-state index contributed by atoms with van der Waals surface area (Å²) < 4.78 is 5.21. The summed E-state index contributed by atoms with van der Waals surface area (Å²) in [6.45, 7) is 4.22. The number of ether oxygens (including phenoxy) is 1. The number of nitrogens with zero attached hydrogens (tertiary/aromatic N) is 1. The third-order valence-corrected chi connectivity index (χ3v) is 4.28. The van der Waals surface area contributed by atoms with Crippen LogP contribution in [0.5, 0.6) is 0 Å². The van der Waals surface area contributed by atoms with Gasteiger partial charge in [-0.05, 0) is 32.3 Å². The topological polar surface area (TPSA) is 75.7 Å². The van der Waals surface area contributed by atoms with E-state index in [1.54, 1.807) is 18.7 Å². The van der Waals surface area contributed by atoms with Gasteiger partial charge in [0.25, 0.3) is 0 Å². The van der Waals surface area contributed by atoms with Crippen LogP contribution in [-0.4, -0.2) is 41.9 Å². The maximum absolute atomic E-state index is 12.5. The lowest BCUT2D eigenvalue weighted by molar-refractivity contribution is -0.148. The molecule has 0 aromatic heterocycles. The zero-order valence-corrected chi connectivity index (χ0v) is 15.6. The molecule has 1 heterocycles. The fourth-order valence-electron chi connectivity index (χ4n) is 3.03. The fourth-order valence-corrected chi connectivity index (χ4v) is 3.03. The number of hydrogen-bond donors (Lipinski definition) is 1. The summed E-state index contributed by atoms with van der Waals surface area (Å²) in [4.78, 5) is 38.3. The molecule has 1 aliphatic rings. The highest BCUT2D eigenvalue weighted by Gasteiger charge is 2.23. The normalized spacial score (nSPS) is 16.1. The van der Waals surface area contributed by atoms with Crippen molar-refractivity contribution in [3.8, 4) is 0 Å². The van der Waals surface area contributed by atoms with E-state index in [2.05, 4.69) is 5.32 Å². The van der Waals surface area contributed by atoms with Crippen LogP contribution in [-0.2, 0) is 19.1 Å². The molecule has 1 atom stereocenters. The zero-order chi connectivity index (χ0) is 18.9. The third kappa shape index (κ3) is 6.50. The monoisotopic (exact) mass is 360 g/mol. The molecule has 1 fully saturated rings. The van der Waals surface area contributed by atoms with Crippen molar-refractivity contribution in [2.75, 3.05) is 13.1 Å². The van der Waals surface area contributed by atoms with Gasteiger partial charge >= 0.3 is 5.97 Å². The van der Waals surface area contributed by atoms with Gasteiger partial charge in [-0.25, -0.2) is 0 Å². The van der Waals surface area contributed by atoms with Crippen molar-refractivity contribution in [2.45, 2.75) is 58.1 Å². The fraction of sp³-hybridized carbons (Fsp3) is 0.550. The minimum absolute atomic E-state index is 0.0214. The molecular formula is C20H28N2O4. The molecular weight excluding hydrogens is 332 g/mol. The SMILES string of the molecule is CC(C)OC(=O)CC(NC(=O)CN1CCCCCC1=O)c1ccccc1. The summed E-state index contributed by atoms with van der Waals surface area (Å²) in [7, 11) is 0. The standard InChI is InChI=1S/C20H28N2O4/c1-15(2)26-20(25)13-17(16-9-5-3-6-10-16)21-18(23)14-22-12-8-4-7-11-19(22)24/h3,5-6,9-10,15,17H,4,7-8,11-14H2,1-2H3,(H,21,23). The molecule has 0 aliphatic carbocycles. The Hall–Kier alpha value is -2.37. The molecule has 0 radical (unpaired) electrons. The Labute approximate surface area is 154 Å². The number of amides is 2. The van der Waals surface area contributed by atoms with Gasteiger partial charge in [0.05, 0.1) is 25.1 Å². The van der Waals surface area contributed by atoms with E-state index >= 15 is 0 Å². The highest BCUT2D eigenvalue weighted by atomic mass is 16.5. The number of esters is 1. The second-order valence-electron chi connectivity index (χ2n) is 6.90. The Balaban J connectivity index is 2.01. The molecule has 1 unspecified atom stereocenters. The minimum Gasteiger partial charge on any atom is -0.463 e. The number of hydrogen-bond acceptors (Lipinski definition) is 4. The molecule has 6 heteroatoms. The first-order valence-electron chi connectivity index (χ1n) is 9.27. The summed E-state index contributed by atoms with van der Waals surface area (Å²) >= 11 is 0. The number of benzene rings is 1. The lowest BCUT2D eigenvalue weighted by Crippen LogP contribution is -2.42. The second-order valence-corrected chi connectivity index (χ2v) is 6.90. The molecule has 2 rings (SSSR count). The molecule has 1 aromatic rings. The molecule has 0 spiro atoms. The maximum atomic E-state index is 12.5. The van der Waals surface area contributed by atoms with E-state index in [1.807, 2.05) is 30.3 Å². The summed E-state index contributed by atoms with van der Waals surface area (Å²) in [6.07, 6.45) is 3.16. The number of rotatable bonds is 7. The summed E-state index contributed by atoms with van der Waals surface area (Å²) in [5.74, 6) is -0.598. The predicted molar refractivity (Wildman–Crippen MR) is 98.2 cm³/mol. The van der Waals surface area contributed by atoms with Crippen LogP contribution in [0, 0.1) is 0 Å². The Kier molecular flexibility index (Phi) is 7.63. The molecule has 1 N–H and O–H groups in total.